The lowest BCUT2D eigenvalue weighted by Gasteiger charge is -1.97. The van der Waals surface area contributed by atoms with E-state index in [0.717, 1.165) is 16.1 Å². The molecular formula is C6H10IN3. The van der Waals surface area contributed by atoms with Crippen LogP contribution in [0.3, 0.4) is 0 Å². The highest BCUT2D eigenvalue weighted by Crippen LogP contribution is 2.09. The number of nitrogens with two attached hydrogens (primary N) is 1. The average Bonchev–Trinajstić information content (AvgIpc) is 2.20. The number of imidazole rings is 1. The third kappa shape index (κ3) is 1.36. The van der Waals surface area contributed by atoms with Crippen molar-refractivity contribution in [2.45, 2.75) is 4.43 Å². The second-order valence-corrected chi connectivity index (χ2v) is 3.82. The van der Waals surface area contributed by atoms with Gasteiger partial charge in [0.1, 0.15) is 11.6 Å². The lowest BCUT2D eigenvalue weighted by Crippen LogP contribution is -1.99. The molecule has 2 N–H and O–H groups in total. The van der Waals surface area contributed by atoms with Crippen LogP contribution in [0, 0.1) is 0 Å². The number of alkyl halides is 1. The predicted molar refractivity (Wildman–Crippen MR) is 52.5 cm³/mol. The van der Waals surface area contributed by atoms with E-state index in [2.05, 4.69) is 9.50 Å². The second-order valence-electron chi connectivity index (χ2n) is 1.98. The molecule has 0 spiro atoms. The summed E-state index contributed by atoms with van der Waals surface area (Å²) in [5.41, 5.74) is 5.56. The Kier molecular flexibility index (Phi) is 2.42. The molecule has 3 nitrogen and oxygen atoms in total. The van der Waals surface area contributed by atoms with Gasteiger partial charge in [0.2, 0.25) is 0 Å². The van der Waals surface area contributed by atoms with Crippen LogP contribution in [-0.2, 0) is 11.5 Å². The Labute approximate surface area is 70.0 Å². The Hall–Kier alpha value is -0.390. The summed E-state index contributed by atoms with van der Waals surface area (Å²) < 4.78 is 6.76. The minimum absolute atomic E-state index is 0.0365. The SMILES string of the molecule is C=ICc1ncc(N)n1C. The van der Waals surface area contributed by atoms with E-state index in [-0.39, 0.29) is 20.7 Å². The van der Waals surface area contributed by atoms with E-state index >= 15 is 0 Å². The molecule has 0 saturated heterocycles. The fourth-order valence-corrected chi connectivity index (χ4v) is 1.86. The monoisotopic (exact) mass is 251 g/mol. The molecule has 0 fully saturated rings. The number of rotatable bonds is 2. The standard InChI is InChI=1S/C6H10IN3/c1-7-3-6-9-4-5(8)10(6)2/h4H,1,3,8H2,2H3. The third-order valence-electron chi connectivity index (χ3n) is 1.33. The van der Waals surface area contributed by atoms with Crippen molar-refractivity contribution < 1.29 is 0 Å². The summed E-state index contributed by atoms with van der Waals surface area (Å²) >= 11 is 0.0365. The molecule has 0 unspecified atom stereocenters. The quantitative estimate of drug-likeness (QED) is 0.627. The van der Waals surface area contributed by atoms with Gasteiger partial charge in [0, 0.05) is 7.05 Å². The minimum atomic E-state index is 0.0365. The summed E-state index contributed by atoms with van der Waals surface area (Å²) in [4.78, 5) is 4.13. The van der Waals surface area contributed by atoms with Gasteiger partial charge in [-0.3, -0.25) is 0 Å². The molecule has 0 amide bonds. The van der Waals surface area contributed by atoms with E-state index in [0.29, 0.717) is 0 Å². The molecule has 1 aromatic heterocycles. The molecule has 0 radical (unpaired) electrons. The molecule has 0 bridgehead atoms. The lowest BCUT2D eigenvalue weighted by atomic mass is 10.7. The second kappa shape index (κ2) is 3.14. The lowest BCUT2D eigenvalue weighted by molar-refractivity contribution is 0.865. The topological polar surface area (TPSA) is 43.8 Å². The molecule has 0 aliphatic rings. The summed E-state index contributed by atoms with van der Waals surface area (Å²) in [6.07, 6.45) is 1.69. The third-order valence-corrected chi connectivity index (χ3v) is 2.56. The van der Waals surface area contributed by atoms with Crippen LogP contribution in [0.4, 0.5) is 5.82 Å². The van der Waals surface area contributed by atoms with Crippen LogP contribution in [0.2, 0.25) is 0 Å². The smallest absolute Gasteiger partial charge is 0.123 e. The van der Waals surface area contributed by atoms with Gasteiger partial charge in [-0.1, -0.05) is 4.51 Å². The molecule has 0 aliphatic heterocycles. The van der Waals surface area contributed by atoms with Crippen LogP contribution < -0.4 is 5.73 Å². The fraction of sp³-hybridized carbons (Fsp3) is 0.333. The highest BCUT2D eigenvalue weighted by Gasteiger charge is 1.99. The molecule has 4 heteroatoms. The first-order valence-electron chi connectivity index (χ1n) is 2.84. The van der Waals surface area contributed by atoms with E-state index in [1.165, 1.54) is 0 Å². The van der Waals surface area contributed by atoms with Gasteiger partial charge in [-0.25, -0.2) is 4.98 Å². The highest BCUT2D eigenvalue weighted by molar-refractivity contribution is 14.2. The Balaban J connectivity index is 2.93. The van der Waals surface area contributed by atoms with Crippen molar-refractivity contribution in [2.24, 2.45) is 7.05 Å². The van der Waals surface area contributed by atoms with Crippen molar-refractivity contribution in [2.75, 3.05) is 5.73 Å². The van der Waals surface area contributed by atoms with Gasteiger partial charge in [-0.05, 0) is 0 Å². The largest absolute Gasteiger partial charge is 0.384 e. The first-order valence-corrected chi connectivity index (χ1v) is 5.89. The maximum absolute atomic E-state index is 5.56. The van der Waals surface area contributed by atoms with E-state index < -0.39 is 0 Å². The van der Waals surface area contributed by atoms with E-state index in [1.54, 1.807) is 6.20 Å². The van der Waals surface area contributed by atoms with Crippen LogP contribution in [-0.4, -0.2) is 14.1 Å². The van der Waals surface area contributed by atoms with Gasteiger partial charge in [-0.15, -0.1) is 20.7 Å². The van der Waals surface area contributed by atoms with Gasteiger partial charge in [0.25, 0.3) is 0 Å². The van der Waals surface area contributed by atoms with Gasteiger partial charge in [0.05, 0.1) is 10.6 Å². The normalized spacial score (nSPS) is 10.1. The van der Waals surface area contributed by atoms with Crippen molar-refractivity contribution in [3.8, 4) is 0 Å². The Morgan fingerprint density at radius 3 is 3.00 bits per heavy atom. The zero-order valence-electron chi connectivity index (χ0n) is 5.84. The number of hydrogen-bond donors (Lipinski definition) is 1. The molecule has 56 valence electrons. The molecule has 1 rings (SSSR count). The van der Waals surface area contributed by atoms with Crippen LogP contribution in [0.15, 0.2) is 6.20 Å². The fourth-order valence-electron chi connectivity index (χ4n) is 0.672. The summed E-state index contributed by atoms with van der Waals surface area (Å²) in [6, 6.07) is 0. The zero-order valence-corrected chi connectivity index (χ0v) is 8.00. The van der Waals surface area contributed by atoms with Crippen LogP contribution in [0.5, 0.6) is 0 Å². The number of halogens is 1. The van der Waals surface area contributed by atoms with E-state index in [9.17, 15) is 0 Å². The van der Waals surface area contributed by atoms with Crippen LogP contribution in [0.25, 0.3) is 0 Å². The summed E-state index contributed by atoms with van der Waals surface area (Å²) in [5, 5.41) is 0. The Morgan fingerprint density at radius 2 is 2.60 bits per heavy atom. The minimum Gasteiger partial charge on any atom is -0.384 e. The number of anilines is 1. The molecule has 10 heavy (non-hydrogen) atoms. The molecule has 1 aromatic rings. The Bertz CT molecular complexity index is 241. The van der Waals surface area contributed by atoms with Gasteiger partial charge in [-0.2, -0.15) is 0 Å². The number of hydrogen-bond acceptors (Lipinski definition) is 2. The number of nitrogens with zero attached hydrogens (tertiary/aromatic N) is 2. The van der Waals surface area contributed by atoms with Crippen molar-refractivity contribution in [1.29, 1.82) is 0 Å². The molecule has 0 atom stereocenters. The first kappa shape index (κ1) is 7.71. The predicted octanol–water partition coefficient (Wildman–Crippen LogP) is 0.905. The molecule has 0 aliphatic carbocycles. The zero-order chi connectivity index (χ0) is 7.56. The van der Waals surface area contributed by atoms with Gasteiger partial charge >= 0.3 is 0 Å². The molecule has 1 heterocycles. The van der Waals surface area contributed by atoms with Gasteiger partial charge < -0.3 is 10.3 Å². The van der Waals surface area contributed by atoms with Crippen LogP contribution in [0.1, 0.15) is 5.82 Å². The summed E-state index contributed by atoms with van der Waals surface area (Å²) in [5.74, 6) is 1.78. The average molecular weight is 251 g/mol. The summed E-state index contributed by atoms with van der Waals surface area (Å²) in [7, 11) is 1.93. The number of nitrogen functional groups attached to an aromatic ring is 1. The van der Waals surface area contributed by atoms with Crippen LogP contribution >= 0.6 is 20.7 Å². The van der Waals surface area contributed by atoms with Crippen molar-refractivity contribution in [3.63, 3.8) is 0 Å². The summed E-state index contributed by atoms with van der Waals surface area (Å²) in [6.45, 7) is 0. The molecule has 0 aromatic carbocycles. The Morgan fingerprint density at radius 1 is 1.90 bits per heavy atom. The van der Waals surface area contributed by atoms with Crippen molar-refractivity contribution in [1.82, 2.24) is 9.55 Å². The molecule has 0 saturated carbocycles. The maximum Gasteiger partial charge on any atom is 0.123 e. The van der Waals surface area contributed by atoms with E-state index in [4.69, 9.17) is 5.73 Å². The maximum atomic E-state index is 5.56. The highest BCUT2D eigenvalue weighted by atomic mass is 127. The number of aromatic nitrogens is 2. The van der Waals surface area contributed by atoms with Gasteiger partial charge in [0.15, 0.2) is 0 Å². The van der Waals surface area contributed by atoms with E-state index in [1.807, 2.05) is 11.6 Å². The molecular weight excluding hydrogens is 241 g/mol. The van der Waals surface area contributed by atoms with Crippen molar-refractivity contribution in [3.05, 3.63) is 12.0 Å². The van der Waals surface area contributed by atoms with Crippen molar-refractivity contribution >= 4 is 31.1 Å². The first-order chi connectivity index (χ1) is 4.75.